The molecule has 0 N–H and O–H groups in total. The summed E-state index contributed by atoms with van der Waals surface area (Å²) in [5.41, 5.74) is 1.83. The van der Waals surface area contributed by atoms with E-state index in [-0.39, 0.29) is 11.5 Å². The fourth-order valence-electron chi connectivity index (χ4n) is 2.22. The quantitative estimate of drug-likeness (QED) is 0.615. The summed E-state index contributed by atoms with van der Waals surface area (Å²) in [6.45, 7) is 0. The van der Waals surface area contributed by atoms with Gasteiger partial charge in [0.2, 0.25) is 0 Å². The van der Waals surface area contributed by atoms with Crippen LogP contribution in [0.1, 0.15) is 17.5 Å². The number of aryl methyl sites for hydroxylation is 1. The number of cyclic esters (lactones) is 1. The molecule has 2 aromatic rings. The fraction of sp³-hybridized carbons (Fsp3) is 0.111. The first-order chi connectivity index (χ1) is 11.1. The predicted molar refractivity (Wildman–Crippen MR) is 87.7 cm³/mol. The molecule has 0 atom stereocenters. The first-order valence-electron chi connectivity index (χ1n) is 7.11. The molecular formula is C18H13ClFNO2. The molecule has 0 aromatic heterocycles. The van der Waals surface area contributed by atoms with E-state index in [1.165, 1.54) is 18.2 Å². The lowest BCUT2D eigenvalue weighted by molar-refractivity contribution is -0.130. The second-order valence-corrected chi connectivity index (χ2v) is 5.54. The molecule has 0 spiro atoms. The number of nitrogens with zero attached hydrogens (tertiary/aromatic N) is 1. The Morgan fingerprint density at radius 1 is 1.13 bits per heavy atom. The lowest BCUT2D eigenvalue weighted by Crippen LogP contribution is -2.05. The zero-order valence-corrected chi connectivity index (χ0v) is 12.9. The summed E-state index contributed by atoms with van der Waals surface area (Å²) in [7, 11) is 0. The van der Waals surface area contributed by atoms with E-state index in [4.69, 9.17) is 16.3 Å². The predicted octanol–water partition coefficient (Wildman–Crippen LogP) is 4.41. The minimum Gasteiger partial charge on any atom is -0.407 e. The van der Waals surface area contributed by atoms with Crippen LogP contribution in [0.5, 0.6) is 0 Å². The van der Waals surface area contributed by atoms with Crippen molar-refractivity contribution in [3.63, 3.8) is 0 Å². The van der Waals surface area contributed by atoms with E-state index in [1.54, 1.807) is 12.1 Å². The maximum absolute atomic E-state index is 13.2. The van der Waals surface area contributed by atoms with Crippen molar-refractivity contribution in [2.75, 3.05) is 0 Å². The first kappa shape index (κ1) is 15.4. The fourth-order valence-corrected chi connectivity index (χ4v) is 2.34. The van der Waals surface area contributed by atoms with Crippen LogP contribution in [-0.2, 0) is 16.0 Å². The topological polar surface area (TPSA) is 38.7 Å². The highest BCUT2D eigenvalue weighted by atomic mass is 35.5. The molecule has 0 aliphatic carbocycles. The van der Waals surface area contributed by atoms with Gasteiger partial charge >= 0.3 is 5.97 Å². The molecule has 0 radical (unpaired) electrons. The molecule has 0 unspecified atom stereocenters. The van der Waals surface area contributed by atoms with Crippen molar-refractivity contribution in [1.82, 2.24) is 0 Å². The number of carbonyl (C=O) groups excluding carboxylic acids is 1. The van der Waals surface area contributed by atoms with Crippen molar-refractivity contribution in [1.29, 1.82) is 0 Å². The summed E-state index contributed by atoms with van der Waals surface area (Å²) in [6.07, 6.45) is 2.71. The van der Waals surface area contributed by atoms with Gasteiger partial charge < -0.3 is 4.74 Å². The maximum atomic E-state index is 13.2. The summed E-state index contributed by atoms with van der Waals surface area (Å²) < 4.78 is 18.3. The summed E-state index contributed by atoms with van der Waals surface area (Å²) >= 11 is 5.84. The highest BCUT2D eigenvalue weighted by Gasteiger charge is 2.22. The number of benzene rings is 2. The lowest BCUT2D eigenvalue weighted by atomic mass is 10.1. The molecule has 0 fully saturated rings. The van der Waals surface area contributed by atoms with Crippen LogP contribution in [-0.4, -0.2) is 11.9 Å². The SMILES string of the molecule is O=C1OC(CCc2ccc(Cl)cc2)=N/C1=C/c1cccc(F)c1. The van der Waals surface area contributed by atoms with Crippen LogP contribution in [0, 0.1) is 5.82 Å². The van der Waals surface area contributed by atoms with Crippen LogP contribution >= 0.6 is 11.6 Å². The van der Waals surface area contributed by atoms with Crippen LogP contribution < -0.4 is 0 Å². The van der Waals surface area contributed by atoms with Gasteiger partial charge in [-0.2, -0.15) is 0 Å². The van der Waals surface area contributed by atoms with Gasteiger partial charge in [-0.3, -0.25) is 0 Å². The molecule has 1 aliphatic rings. The Labute approximate surface area is 138 Å². The molecular weight excluding hydrogens is 317 g/mol. The van der Waals surface area contributed by atoms with E-state index in [1.807, 2.05) is 24.3 Å². The van der Waals surface area contributed by atoms with Crippen LogP contribution in [0.3, 0.4) is 0 Å². The van der Waals surface area contributed by atoms with Gasteiger partial charge in [0.25, 0.3) is 0 Å². The average molecular weight is 330 g/mol. The zero-order valence-electron chi connectivity index (χ0n) is 12.1. The number of carbonyl (C=O) groups is 1. The number of halogens is 2. The third-order valence-corrected chi connectivity index (χ3v) is 3.61. The van der Waals surface area contributed by atoms with Gasteiger partial charge in [-0.05, 0) is 47.9 Å². The molecule has 0 amide bonds. The summed E-state index contributed by atoms with van der Waals surface area (Å²) in [5, 5.41) is 0.679. The normalized spacial score (nSPS) is 15.7. The van der Waals surface area contributed by atoms with E-state index in [0.717, 1.165) is 5.56 Å². The van der Waals surface area contributed by atoms with E-state index in [2.05, 4.69) is 4.99 Å². The van der Waals surface area contributed by atoms with Gasteiger partial charge in [-0.15, -0.1) is 0 Å². The summed E-state index contributed by atoms with van der Waals surface area (Å²) in [6, 6.07) is 13.4. The van der Waals surface area contributed by atoms with Crippen molar-refractivity contribution in [3.8, 4) is 0 Å². The van der Waals surface area contributed by atoms with Crippen LogP contribution in [0.25, 0.3) is 6.08 Å². The van der Waals surface area contributed by atoms with Gasteiger partial charge in [-0.1, -0.05) is 35.9 Å². The maximum Gasteiger partial charge on any atom is 0.363 e. The second kappa shape index (κ2) is 6.75. The molecule has 1 aliphatic heterocycles. The molecule has 1 heterocycles. The monoisotopic (exact) mass is 329 g/mol. The number of hydrogen-bond acceptors (Lipinski definition) is 3. The Hall–Kier alpha value is -2.46. The first-order valence-corrected chi connectivity index (χ1v) is 7.49. The minimum atomic E-state index is -0.514. The number of esters is 1. The van der Waals surface area contributed by atoms with E-state index < -0.39 is 5.97 Å². The molecule has 0 bridgehead atoms. The smallest absolute Gasteiger partial charge is 0.363 e. The van der Waals surface area contributed by atoms with Crippen molar-refractivity contribution in [2.24, 2.45) is 4.99 Å². The van der Waals surface area contributed by atoms with Crippen LogP contribution in [0.4, 0.5) is 4.39 Å². The van der Waals surface area contributed by atoms with E-state index in [0.29, 0.717) is 29.3 Å². The Kier molecular flexibility index (Phi) is 4.53. The zero-order chi connectivity index (χ0) is 16.2. The molecule has 3 nitrogen and oxygen atoms in total. The number of aliphatic imine (C=N–C) groups is 1. The molecule has 23 heavy (non-hydrogen) atoms. The van der Waals surface area contributed by atoms with Crippen molar-refractivity contribution >= 4 is 29.5 Å². The summed E-state index contributed by atoms with van der Waals surface area (Å²) in [5.74, 6) is -0.509. The Balaban J connectivity index is 1.70. The van der Waals surface area contributed by atoms with E-state index in [9.17, 15) is 9.18 Å². The van der Waals surface area contributed by atoms with Crippen LogP contribution in [0.2, 0.25) is 5.02 Å². The van der Waals surface area contributed by atoms with E-state index >= 15 is 0 Å². The third kappa shape index (κ3) is 4.05. The van der Waals surface area contributed by atoms with Crippen molar-refractivity contribution < 1.29 is 13.9 Å². The highest BCUT2D eigenvalue weighted by molar-refractivity contribution is 6.30. The Morgan fingerprint density at radius 3 is 2.65 bits per heavy atom. The van der Waals surface area contributed by atoms with Crippen molar-refractivity contribution in [3.05, 3.63) is 76.2 Å². The van der Waals surface area contributed by atoms with Gasteiger partial charge in [0.05, 0.1) is 0 Å². The third-order valence-electron chi connectivity index (χ3n) is 3.36. The largest absolute Gasteiger partial charge is 0.407 e. The molecule has 5 heteroatoms. The summed E-state index contributed by atoms with van der Waals surface area (Å²) in [4.78, 5) is 16.0. The molecule has 116 valence electrons. The van der Waals surface area contributed by atoms with Gasteiger partial charge in [-0.25, -0.2) is 14.2 Å². The van der Waals surface area contributed by atoms with Gasteiger partial charge in [0.1, 0.15) is 5.82 Å². The second-order valence-electron chi connectivity index (χ2n) is 5.11. The molecule has 2 aromatic carbocycles. The van der Waals surface area contributed by atoms with Gasteiger partial charge in [0.15, 0.2) is 11.6 Å². The Morgan fingerprint density at radius 2 is 1.91 bits per heavy atom. The average Bonchev–Trinajstić information content (AvgIpc) is 2.87. The molecule has 0 saturated carbocycles. The minimum absolute atomic E-state index is 0.182. The number of ether oxygens (including phenoxy) is 1. The number of rotatable bonds is 4. The highest BCUT2D eigenvalue weighted by Crippen LogP contribution is 2.19. The lowest BCUT2D eigenvalue weighted by Gasteiger charge is -2.00. The Bertz CT molecular complexity index is 797. The standard InChI is InChI=1S/C18H13ClFNO2/c19-14-7-4-12(5-8-14)6-9-17-21-16(18(22)23-17)11-13-2-1-3-15(20)10-13/h1-5,7-8,10-11H,6,9H2/b16-11+. The molecule has 0 saturated heterocycles. The van der Waals surface area contributed by atoms with Crippen molar-refractivity contribution in [2.45, 2.75) is 12.8 Å². The van der Waals surface area contributed by atoms with Crippen LogP contribution in [0.15, 0.2) is 59.2 Å². The number of hydrogen-bond donors (Lipinski definition) is 0. The molecule has 3 rings (SSSR count). The van der Waals surface area contributed by atoms with Gasteiger partial charge in [0, 0.05) is 11.4 Å².